The summed E-state index contributed by atoms with van der Waals surface area (Å²) in [6.07, 6.45) is -1.21. The fourth-order valence-electron chi connectivity index (χ4n) is 4.32. The predicted octanol–water partition coefficient (Wildman–Crippen LogP) is 5.95. The molecule has 1 heterocycles. The van der Waals surface area contributed by atoms with Gasteiger partial charge in [-0.3, -0.25) is 10.1 Å². The summed E-state index contributed by atoms with van der Waals surface area (Å²) in [6, 6.07) is 15.4. The fraction of sp³-hybridized carbons (Fsp3) is 0.200. The SMILES string of the molecule is COc1ccc(CN2C(=O)C(C)(c3cc(NC(=O)O)ccc3Cl)c3cc(Cl)ccc32)c(OC)c1. The van der Waals surface area contributed by atoms with E-state index in [9.17, 15) is 9.59 Å². The molecule has 1 atom stereocenters. The molecule has 176 valence electrons. The smallest absolute Gasteiger partial charge is 0.409 e. The molecular formula is C25H22Cl2N2O5. The molecule has 2 amide bonds. The van der Waals surface area contributed by atoms with E-state index in [0.717, 1.165) is 5.56 Å². The highest BCUT2D eigenvalue weighted by Gasteiger charge is 2.50. The summed E-state index contributed by atoms with van der Waals surface area (Å²) in [5, 5.41) is 12.3. The highest BCUT2D eigenvalue weighted by Crippen LogP contribution is 2.50. The van der Waals surface area contributed by atoms with E-state index < -0.39 is 11.5 Å². The maximum atomic E-state index is 14.0. The lowest BCUT2D eigenvalue weighted by Gasteiger charge is -2.27. The van der Waals surface area contributed by atoms with Crippen molar-refractivity contribution in [1.82, 2.24) is 0 Å². The second kappa shape index (κ2) is 9.08. The van der Waals surface area contributed by atoms with E-state index in [4.69, 9.17) is 37.8 Å². The number of carbonyl (C=O) groups is 2. The van der Waals surface area contributed by atoms with Crippen LogP contribution in [0.1, 0.15) is 23.6 Å². The molecule has 0 aliphatic carbocycles. The molecule has 2 N–H and O–H groups in total. The number of halogens is 2. The molecule has 0 saturated heterocycles. The Morgan fingerprint density at radius 2 is 1.79 bits per heavy atom. The average molecular weight is 501 g/mol. The summed E-state index contributed by atoms with van der Waals surface area (Å²) in [6.45, 7) is 2.00. The van der Waals surface area contributed by atoms with E-state index in [1.165, 1.54) is 0 Å². The zero-order chi connectivity index (χ0) is 24.6. The van der Waals surface area contributed by atoms with Crippen molar-refractivity contribution in [2.24, 2.45) is 0 Å². The molecule has 3 aromatic carbocycles. The number of amides is 2. The molecule has 1 aliphatic rings. The van der Waals surface area contributed by atoms with Gasteiger partial charge < -0.3 is 19.5 Å². The number of nitrogens with zero attached hydrogens (tertiary/aromatic N) is 1. The van der Waals surface area contributed by atoms with E-state index in [2.05, 4.69) is 5.32 Å². The monoisotopic (exact) mass is 500 g/mol. The second-order valence-electron chi connectivity index (χ2n) is 7.98. The maximum absolute atomic E-state index is 14.0. The van der Waals surface area contributed by atoms with Crippen LogP contribution in [0.3, 0.4) is 0 Å². The van der Waals surface area contributed by atoms with Gasteiger partial charge in [-0.15, -0.1) is 0 Å². The first-order valence-electron chi connectivity index (χ1n) is 10.3. The van der Waals surface area contributed by atoms with Gasteiger partial charge in [-0.25, -0.2) is 4.79 Å². The molecule has 1 unspecified atom stereocenters. The number of carboxylic acid groups (broad SMARTS) is 1. The van der Waals surface area contributed by atoms with Gasteiger partial charge in [-0.2, -0.15) is 0 Å². The number of rotatable bonds is 6. The number of methoxy groups -OCH3 is 2. The van der Waals surface area contributed by atoms with Gasteiger partial charge in [0.1, 0.15) is 16.9 Å². The Hall–Kier alpha value is -3.42. The molecule has 7 nitrogen and oxygen atoms in total. The molecule has 0 saturated carbocycles. The number of fused-ring (bicyclic) bond motifs is 1. The Kier molecular flexibility index (Phi) is 6.34. The minimum atomic E-state index is -1.21. The van der Waals surface area contributed by atoms with Gasteiger partial charge in [0.25, 0.3) is 0 Å². The molecule has 0 aromatic heterocycles. The van der Waals surface area contributed by atoms with Crippen LogP contribution in [0.2, 0.25) is 10.0 Å². The molecule has 0 radical (unpaired) electrons. The summed E-state index contributed by atoms with van der Waals surface area (Å²) in [4.78, 5) is 26.9. The van der Waals surface area contributed by atoms with Crippen LogP contribution in [0, 0.1) is 0 Å². The zero-order valence-electron chi connectivity index (χ0n) is 18.7. The summed E-state index contributed by atoms with van der Waals surface area (Å²) in [7, 11) is 3.13. The second-order valence-corrected chi connectivity index (χ2v) is 8.82. The Labute approximate surface area is 206 Å². The molecule has 1 aliphatic heterocycles. The summed E-state index contributed by atoms with van der Waals surface area (Å²) in [5.41, 5.74) is 1.72. The summed E-state index contributed by atoms with van der Waals surface area (Å²) < 4.78 is 10.8. The van der Waals surface area contributed by atoms with Gasteiger partial charge in [-0.1, -0.05) is 23.2 Å². The molecule has 0 spiro atoms. The van der Waals surface area contributed by atoms with Crippen LogP contribution in [0.5, 0.6) is 11.5 Å². The van der Waals surface area contributed by atoms with Crippen LogP contribution in [-0.2, 0) is 16.8 Å². The van der Waals surface area contributed by atoms with E-state index in [-0.39, 0.29) is 12.5 Å². The van der Waals surface area contributed by atoms with Crippen molar-refractivity contribution in [2.75, 3.05) is 24.4 Å². The topological polar surface area (TPSA) is 88.1 Å². The Bertz CT molecular complexity index is 1300. The van der Waals surface area contributed by atoms with Crippen molar-refractivity contribution >= 4 is 46.6 Å². The molecule has 9 heteroatoms. The van der Waals surface area contributed by atoms with Gasteiger partial charge in [0.05, 0.1) is 20.8 Å². The highest BCUT2D eigenvalue weighted by molar-refractivity contribution is 6.33. The van der Waals surface area contributed by atoms with Crippen molar-refractivity contribution in [3.63, 3.8) is 0 Å². The molecule has 0 bridgehead atoms. The lowest BCUT2D eigenvalue weighted by molar-refractivity contribution is -0.121. The van der Waals surface area contributed by atoms with E-state index in [1.807, 2.05) is 6.07 Å². The van der Waals surface area contributed by atoms with Crippen LogP contribution in [0.4, 0.5) is 16.2 Å². The van der Waals surface area contributed by atoms with Gasteiger partial charge in [0.2, 0.25) is 5.91 Å². The number of carbonyl (C=O) groups excluding carboxylic acids is 1. The quantitative estimate of drug-likeness (QED) is 0.436. The Morgan fingerprint density at radius 1 is 1.03 bits per heavy atom. The van der Waals surface area contributed by atoms with Gasteiger partial charge >= 0.3 is 6.09 Å². The van der Waals surface area contributed by atoms with Crippen molar-refractivity contribution < 1.29 is 24.2 Å². The zero-order valence-corrected chi connectivity index (χ0v) is 20.2. The maximum Gasteiger partial charge on any atom is 0.409 e. The van der Waals surface area contributed by atoms with Crippen LogP contribution in [0.15, 0.2) is 54.6 Å². The van der Waals surface area contributed by atoms with Gasteiger partial charge in [-0.05, 0) is 66.6 Å². The minimum absolute atomic E-state index is 0.225. The first-order chi connectivity index (χ1) is 16.2. The fourth-order valence-corrected chi connectivity index (χ4v) is 4.80. The van der Waals surface area contributed by atoms with E-state index in [1.54, 1.807) is 74.6 Å². The summed E-state index contributed by atoms with van der Waals surface area (Å²) in [5.74, 6) is 0.999. The first kappa shape index (κ1) is 23.7. The lowest BCUT2D eigenvalue weighted by Crippen LogP contribution is -2.39. The van der Waals surface area contributed by atoms with Crippen LogP contribution in [-0.4, -0.2) is 31.3 Å². The number of benzene rings is 3. The lowest BCUT2D eigenvalue weighted by atomic mass is 9.77. The highest BCUT2D eigenvalue weighted by atomic mass is 35.5. The number of ether oxygens (including phenoxy) is 2. The molecule has 3 aromatic rings. The van der Waals surface area contributed by atoms with Crippen molar-refractivity contribution in [3.8, 4) is 11.5 Å². The molecule has 0 fully saturated rings. The number of nitrogens with one attached hydrogen (secondary N) is 1. The van der Waals surface area contributed by atoms with Crippen molar-refractivity contribution in [3.05, 3.63) is 81.3 Å². The van der Waals surface area contributed by atoms with Gasteiger partial charge in [0, 0.05) is 33.0 Å². The Balaban J connectivity index is 1.84. The third kappa shape index (κ3) is 4.02. The summed E-state index contributed by atoms with van der Waals surface area (Å²) >= 11 is 12.9. The predicted molar refractivity (Wildman–Crippen MR) is 132 cm³/mol. The van der Waals surface area contributed by atoms with Crippen LogP contribution < -0.4 is 19.7 Å². The van der Waals surface area contributed by atoms with Crippen molar-refractivity contribution in [1.29, 1.82) is 0 Å². The largest absolute Gasteiger partial charge is 0.497 e. The van der Waals surface area contributed by atoms with E-state index >= 15 is 0 Å². The van der Waals surface area contributed by atoms with Gasteiger partial charge in [0.15, 0.2) is 0 Å². The van der Waals surface area contributed by atoms with E-state index in [0.29, 0.717) is 44.0 Å². The first-order valence-corrected chi connectivity index (χ1v) is 11.1. The van der Waals surface area contributed by atoms with Crippen molar-refractivity contribution in [2.45, 2.75) is 18.9 Å². The Morgan fingerprint density at radius 3 is 2.47 bits per heavy atom. The van der Waals surface area contributed by atoms with Crippen LogP contribution in [0.25, 0.3) is 0 Å². The average Bonchev–Trinajstić information content (AvgIpc) is 3.02. The third-order valence-electron chi connectivity index (χ3n) is 6.04. The standard InChI is InChI=1S/C25H22Cl2N2O5/c1-25(18-11-16(28-24(31)32)6-8-20(18)27)19-10-15(26)5-9-21(19)29(23(25)30)13-14-4-7-17(33-2)12-22(14)34-3/h4-12,28H,13H2,1-3H3,(H,31,32). The third-order valence-corrected chi connectivity index (χ3v) is 6.60. The molecular weight excluding hydrogens is 479 g/mol. The molecule has 34 heavy (non-hydrogen) atoms. The van der Waals surface area contributed by atoms with Crippen LogP contribution >= 0.6 is 23.2 Å². The normalized spacial score (nSPS) is 16.9. The minimum Gasteiger partial charge on any atom is -0.497 e. The molecule has 4 rings (SSSR count). The number of hydrogen-bond acceptors (Lipinski definition) is 4. The number of hydrogen-bond donors (Lipinski definition) is 2. The number of anilines is 2.